The maximum atomic E-state index is 12.4. The molecule has 0 aliphatic carbocycles. The molecule has 1 aliphatic rings. The van der Waals surface area contributed by atoms with Crippen molar-refractivity contribution in [3.05, 3.63) is 5.82 Å². The molecule has 1 aromatic heterocycles. The van der Waals surface area contributed by atoms with Gasteiger partial charge in [-0.25, -0.2) is 4.79 Å². The number of halogens is 3. The van der Waals surface area contributed by atoms with E-state index in [1.807, 2.05) is 0 Å². The van der Waals surface area contributed by atoms with Gasteiger partial charge in [0.2, 0.25) is 11.0 Å². The quantitative estimate of drug-likeness (QED) is 0.757. The lowest BCUT2D eigenvalue weighted by Crippen LogP contribution is -2.50. The third-order valence-electron chi connectivity index (χ3n) is 2.52. The van der Waals surface area contributed by atoms with Gasteiger partial charge in [0.05, 0.1) is 20.3 Å². The Hall–Kier alpha value is -1.42. The van der Waals surface area contributed by atoms with Crippen LogP contribution in [-0.2, 0) is 20.4 Å². The second kappa shape index (κ2) is 5.29. The molecule has 1 fully saturated rings. The van der Waals surface area contributed by atoms with Gasteiger partial charge in [0.25, 0.3) is 0 Å². The summed E-state index contributed by atoms with van der Waals surface area (Å²) in [4.78, 5) is 16.4. The second-order valence-corrected chi connectivity index (χ2v) is 4.44. The Morgan fingerprint density at radius 2 is 2.32 bits per heavy atom. The molecule has 106 valence electrons. The van der Waals surface area contributed by atoms with E-state index < -0.39 is 24.0 Å². The number of hydrogen-bond donors (Lipinski definition) is 0. The summed E-state index contributed by atoms with van der Waals surface area (Å²) in [5, 5.41) is 0.0334. The first kappa shape index (κ1) is 14.0. The number of carbonyl (C=O) groups is 1. The van der Waals surface area contributed by atoms with Crippen LogP contribution in [0, 0.1) is 0 Å². The fourth-order valence-corrected chi connectivity index (χ4v) is 2.37. The molecule has 0 amide bonds. The molecule has 1 atom stereocenters. The van der Waals surface area contributed by atoms with Crippen LogP contribution < -0.4 is 4.90 Å². The summed E-state index contributed by atoms with van der Waals surface area (Å²) in [7, 11) is 1.20. The van der Waals surface area contributed by atoms with E-state index in [0.29, 0.717) is 18.1 Å². The van der Waals surface area contributed by atoms with Crippen molar-refractivity contribution >= 4 is 22.6 Å². The summed E-state index contributed by atoms with van der Waals surface area (Å²) in [5.41, 5.74) is 0. The maximum Gasteiger partial charge on any atom is 0.452 e. The number of anilines is 1. The van der Waals surface area contributed by atoms with Crippen molar-refractivity contribution in [3.63, 3.8) is 0 Å². The Balaban J connectivity index is 2.23. The van der Waals surface area contributed by atoms with Gasteiger partial charge in [0, 0.05) is 18.1 Å². The standard InChI is InChI=1S/C9H10F3N3O3S/c1-17-6(16)5-4-18-3-2-15(5)8-13-7(14-19-8)9(10,11)12/h5H,2-4H2,1H3. The minimum Gasteiger partial charge on any atom is -0.467 e. The van der Waals surface area contributed by atoms with Crippen LogP contribution in [0.15, 0.2) is 0 Å². The highest BCUT2D eigenvalue weighted by atomic mass is 32.1. The van der Waals surface area contributed by atoms with E-state index in [9.17, 15) is 18.0 Å². The van der Waals surface area contributed by atoms with Crippen molar-refractivity contribution in [2.45, 2.75) is 12.2 Å². The fraction of sp³-hybridized carbons (Fsp3) is 0.667. The summed E-state index contributed by atoms with van der Waals surface area (Å²) in [6.07, 6.45) is -4.60. The van der Waals surface area contributed by atoms with Gasteiger partial charge < -0.3 is 14.4 Å². The number of carbonyl (C=O) groups excluding carboxylic acids is 1. The molecule has 1 aromatic rings. The number of rotatable bonds is 2. The number of esters is 1. The molecule has 2 rings (SSSR count). The van der Waals surface area contributed by atoms with E-state index in [1.54, 1.807) is 0 Å². The van der Waals surface area contributed by atoms with Gasteiger partial charge in [-0.1, -0.05) is 0 Å². The van der Waals surface area contributed by atoms with Crippen molar-refractivity contribution in [1.82, 2.24) is 9.36 Å². The van der Waals surface area contributed by atoms with Crippen molar-refractivity contribution in [3.8, 4) is 0 Å². The summed E-state index contributed by atoms with van der Waals surface area (Å²) >= 11 is 0.596. The number of aromatic nitrogens is 2. The van der Waals surface area contributed by atoms with Gasteiger partial charge in [-0.15, -0.1) is 0 Å². The molecule has 19 heavy (non-hydrogen) atoms. The molecule has 2 heterocycles. The van der Waals surface area contributed by atoms with E-state index in [2.05, 4.69) is 14.1 Å². The molecule has 0 bridgehead atoms. The zero-order valence-corrected chi connectivity index (χ0v) is 10.6. The Morgan fingerprint density at radius 3 is 2.89 bits per heavy atom. The number of ether oxygens (including phenoxy) is 2. The van der Waals surface area contributed by atoms with Gasteiger partial charge >= 0.3 is 12.1 Å². The predicted octanol–water partition coefficient (Wildman–Crippen LogP) is 0.935. The lowest BCUT2D eigenvalue weighted by Gasteiger charge is -2.32. The molecular weight excluding hydrogens is 287 g/mol. The number of methoxy groups -OCH3 is 1. The molecule has 0 aromatic carbocycles. The molecular formula is C9H10F3N3O3S. The summed E-state index contributed by atoms with van der Waals surface area (Å²) < 4.78 is 50.3. The van der Waals surface area contributed by atoms with Crippen LogP contribution in [0.5, 0.6) is 0 Å². The zero-order valence-electron chi connectivity index (χ0n) is 9.81. The highest BCUT2D eigenvalue weighted by Crippen LogP contribution is 2.31. The summed E-state index contributed by atoms with van der Waals surface area (Å²) in [6.45, 7) is 0.605. The molecule has 10 heteroatoms. The zero-order chi connectivity index (χ0) is 14.0. The average molecular weight is 297 g/mol. The van der Waals surface area contributed by atoms with Gasteiger partial charge in [-0.05, 0) is 0 Å². The van der Waals surface area contributed by atoms with E-state index >= 15 is 0 Å². The molecule has 1 aliphatic heterocycles. The van der Waals surface area contributed by atoms with Crippen LogP contribution in [0.25, 0.3) is 0 Å². The SMILES string of the molecule is COC(=O)C1COCCN1c1nc(C(F)(F)F)ns1. The highest BCUT2D eigenvalue weighted by molar-refractivity contribution is 7.09. The minimum atomic E-state index is -4.60. The molecule has 0 radical (unpaired) electrons. The molecule has 0 spiro atoms. The first-order valence-electron chi connectivity index (χ1n) is 5.26. The average Bonchev–Trinajstić information content (AvgIpc) is 2.87. The lowest BCUT2D eigenvalue weighted by molar-refractivity contribution is -0.144. The van der Waals surface area contributed by atoms with Gasteiger partial charge in [0.15, 0.2) is 6.04 Å². The normalized spacial score (nSPS) is 20.4. The van der Waals surface area contributed by atoms with Crippen molar-refractivity contribution in [2.24, 2.45) is 0 Å². The molecule has 0 N–H and O–H groups in total. The topological polar surface area (TPSA) is 64.6 Å². The number of hydrogen-bond acceptors (Lipinski definition) is 7. The lowest BCUT2D eigenvalue weighted by atomic mass is 10.2. The van der Waals surface area contributed by atoms with Crippen LogP contribution in [0.2, 0.25) is 0 Å². The van der Waals surface area contributed by atoms with Crippen LogP contribution in [-0.4, -0.2) is 48.2 Å². The number of nitrogens with zero attached hydrogens (tertiary/aromatic N) is 3. The Bertz CT molecular complexity index is 465. The molecule has 1 saturated heterocycles. The molecule has 6 nitrogen and oxygen atoms in total. The molecule has 0 saturated carbocycles. The predicted molar refractivity (Wildman–Crippen MR) is 58.9 cm³/mol. The fourth-order valence-electron chi connectivity index (χ4n) is 1.61. The van der Waals surface area contributed by atoms with Crippen molar-refractivity contribution in [2.75, 3.05) is 31.8 Å². The number of morpholine rings is 1. The van der Waals surface area contributed by atoms with E-state index in [4.69, 9.17) is 4.74 Å². The van der Waals surface area contributed by atoms with E-state index in [-0.39, 0.29) is 18.3 Å². The van der Waals surface area contributed by atoms with Crippen LogP contribution in [0.1, 0.15) is 5.82 Å². The number of alkyl halides is 3. The Kier molecular flexibility index (Phi) is 3.90. The smallest absolute Gasteiger partial charge is 0.452 e. The van der Waals surface area contributed by atoms with E-state index in [1.165, 1.54) is 12.0 Å². The van der Waals surface area contributed by atoms with Crippen molar-refractivity contribution in [1.29, 1.82) is 0 Å². The van der Waals surface area contributed by atoms with Crippen LogP contribution in [0.3, 0.4) is 0 Å². The van der Waals surface area contributed by atoms with E-state index in [0.717, 1.165) is 0 Å². The van der Waals surface area contributed by atoms with Gasteiger partial charge in [-0.2, -0.15) is 22.5 Å². The largest absolute Gasteiger partial charge is 0.467 e. The highest BCUT2D eigenvalue weighted by Gasteiger charge is 2.38. The summed E-state index contributed by atoms with van der Waals surface area (Å²) in [5.74, 6) is -1.79. The first-order valence-corrected chi connectivity index (χ1v) is 6.04. The third kappa shape index (κ3) is 2.95. The van der Waals surface area contributed by atoms with Crippen LogP contribution >= 0.6 is 11.5 Å². The third-order valence-corrected chi connectivity index (χ3v) is 3.27. The Labute approximate surface area is 110 Å². The van der Waals surface area contributed by atoms with Gasteiger partial charge in [-0.3, -0.25) is 0 Å². The van der Waals surface area contributed by atoms with Crippen molar-refractivity contribution < 1.29 is 27.4 Å². The summed E-state index contributed by atoms with van der Waals surface area (Å²) in [6, 6.07) is -0.798. The molecule has 1 unspecified atom stereocenters. The van der Waals surface area contributed by atoms with Gasteiger partial charge in [0.1, 0.15) is 0 Å². The maximum absolute atomic E-state index is 12.4. The minimum absolute atomic E-state index is 0.0334. The first-order chi connectivity index (χ1) is 8.93. The Morgan fingerprint density at radius 1 is 1.58 bits per heavy atom. The second-order valence-electron chi connectivity index (χ2n) is 3.71. The van der Waals surface area contributed by atoms with Crippen LogP contribution in [0.4, 0.5) is 18.3 Å². The monoisotopic (exact) mass is 297 g/mol.